The molecule has 1 heterocycles. The lowest BCUT2D eigenvalue weighted by atomic mass is 10.1. The predicted octanol–water partition coefficient (Wildman–Crippen LogP) is 4.24. The van der Waals surface area contributed by atoms with Crippen molar-refractivity contribution in [2.75, 3.05) is 0 Å². The highest BCUT2D eigenvalue weighted by atomic mass is 79.9. The lowest BCUT2D eigenvalue weighted by Crippen LogP contribution is -2.21. The van der Waals surface area contributed by atoms with Gasteiger partial charge in [0.05, 0.1) is 5.52 Å². The Labute approximate surface area is 130 Å². The summed E-state index contributed by atoms with van der Waals surface area (Å²) in [5.41, 5.74) is 2.12. The number of hydrogen-bond donors (Lipinski definition) is 0. The molecule has 0 aliphatic rings. The van der Waals surface area contributed by atoms with Crippen molar-refractivity contribution < 1.29 is 9.59 Å². The van der Waals surface area contributed by atoms with Crippen molar-refractivity contribution in [3.8, 4) is 0 Å². The van der Waals surface area contributed by atoms with Gasteiger partial charge in [-0.15, -0.1) is 0 Å². The van der Waals surface area contributed by atoms with Crippen LogP contribution in [-0.4, -0.2) is 16.3 Å². The summed E-state index contributed by atoms with van der Waals surface area (Å²) < 4.78 is 2.29. The zero-order valence-corrected chi connectivity index (χ0v) is 12.9. The molecule has 21 heavy (non-hydrogen) atoms. The largest absolute Gasteiger partial charge is 0.303 e. The average Bonchev–Trinajstić information content (AvgIpc) is 2.84. The lowest BCUT2D eigenvalue weighted by Gasteiger charge is -2.03. The molecule has 0 saturated carbocycles. The highest BCUT2D eigenvalue weighted by Gasteiger charge is 2.20. The SMILES string of the molecule is Cc1cn(C(=O)C(=O)c2ccc(Br)cc2)c2ccccc12. The molecule has 0 spiro atoms. The molecule has 3 rings (SSSR count). The molecule has 0 radical (unpaired) electrons. The van der Waals surface area contributed by atoms with Crippen molar-refractivity contribution in [2.45, 2.75) is 6.92 Å². The number of hydrogen-bond acceptors (Lipinski definition) is 2. The minimum atomic E-state index is -0.540. The topological polar surface area (TPSA) is 39.1 Å². The summed E-state index contributed by atoms with van der Waals surface area (Å²) in [6.45, 7) is 1.93. The van der Waals surface area contributed by atoms with Crippen LogP contribution >= 0.6 is 15.9 Å². The molecule has 1 aromatic heterocycles. The zero-order valence-electron chi connectivity index (χ0n) is 11.3. The number of rotatable bonds is 2. The maximum absolute atomic E-state index is 12.5. The second-order valence-corrected chi connectivity index (χ2v) is 5.76. The van der Waals surface area contributed by atoms with Crippen LogP contribution in [0.3, 0.4) is 0 Å². The van der Waals surface area contributed by atoms with Gasteiger partial charge in [0.15, 0.2) is 0 Å². The third kappa shape index (κ3) is 2.43. The van der Waals surface area contributed by atoms with E-state index in [-0.39, 0.29) is 0 Å². The van der Waals surface area contributed by atoms with Crippen LogP contribution in [0, 0.1) is 6.92 Å². The summed E-state index contributed by atoms with van der Waals surface area (Å²) in [7, 11) is 0. The molecule has 3 aromatic rings. The number of aromatic nitrogens is 1. The van der Waals surface area contributed by atoms with Gasteiger partial charge in [-0.1, -0.05) is 34.1 Å². The first-order valence-corrected chi connectivity index (χ1v) is 7.28. The van der Waals surface area contributed by atoms with E-state index in [4.69, 9.17) is 0 Å². The van der Waals surface area contributed by atoms with Gasteiger partial charge in [-0.2, -0.15) is 0 Å². The van der Waals surface area contributed by atoms with Gasteiger partial charge in [0.2, 0.25) is 0 Å². The van der Waals surface area contributed by atoms with E-state index < -0.39 is 11.7 Å². The molecule has 3 nitrogen and oxygen atoms in total. The Balaban J connectivity index is 2.04. The maximum Gasteiger partial charge on any atom is 0.303 e. The Morgan fingerprint density at radius 1 is 1.00 bits per heavy atom. The van der Waals surface area contributed by atoms with E-state index in [1.165, 1.54) is 4.57 Å². The van der Waals surface area contributed by atoms with E-state index in [0.717, 1.165) is 20.9 Å². The van der Waals surface area contributed by atoms with Crippen LogP contribution in [0.1, 0.15) is 20.7 Å². The summed E-state index contributed by atoms with van der Waals surface area (Å²) in [5.74, 6) is -1.05. The molecule has 0 fully saturated rings. The maximum atomic E-state index is 12.5. The molecular weight excluding hydrogens is 330 g/mol. The fourth-order valence-corrected chi connectivity index (χ4v) is 2.62. The first kappa shape index (κ1) is 13.8. The van der Waals surface area contributed by atoms with E-state index in [1.807, 2.05) is 31.2 Å². The van der Waals surface area contributed by atoms with Gasteiger partial charge in [0.1, 0.15) is 0 Å². The Morgan fingerprint density at radius 2 is 1.67 bits per heavy atom. The second kappa shape index (κ2) is 5.30. The Kier molecular flexibility index (Phi) is 3.47. The van der Waals surface area contributed by atoms with Crippen LogP contribution in [-0.2, 0) is 0 Å². The van der Waals surface area contributed by atoms with Crippen molar-refractivity contribution in [3.05, 3.63) is 70.3 Å². The quantitative estimate of drug-likeness (QED) is 0.516. The number of aryl methyl sites for hydroxylation is 1. The van der Waals surface area contributed by atoms with E-state index in [0.29, 0.717) is 5.56 Å². The fourth-order valence-electron chi connectivity index (χ4n) is 2.35. The normalized spacial score (nSPS) is 10.8. The highest BCUT2D eigenvalue weighted by Crippen LogP contribution is 2.21. The molecule has 0 N–H and O–H groups in total. The van der Waals surface area contributed by atoms with Crippen molar-refractivity contribution in [1.29, 1.82) is 0 Å². The van der Waals surface area contributed by atoms with Gasteiger partial charge in [-0.3, -0.25) is 14.2 Å². The number of carbonyl (C=O) groups is 2. The summed E-state index contributed by atoms with van der Waals surface area (Å²) in [5, 5.41) is 0.981. The minimum absolute atomic E-state index is 0.388. The lowest BCUT2D eigenvalue weighted by molar-refractivity contribution is 0.0768. The summed E-state index contributed by atoms with van der Waals surface area (Å²) in [4.78, 5) is 24.8. The van der Waals surface area contributed by atoms with Crippen LogP contribution < -0.4 is 0 Å². The number of carbonyl (C=O) groups excluding carboxylic acids is 2. The van der Waals surface area contributed by atoms with Crippen LogP contribution in [0.4, 0.5) is 0 Å². The molecule has 0 atom stereocenters. The number of benzene rings is 2. The Hall–Kier alpha value is -2.20. The summed E-state index contributed by atoms with van der Waals surface area (Å²) in [6, 6.07) is 14.3. The first-order chi connectivity index (χ1) is 10.1. The third-order valence-corrected chi connectivity index (χ3v) is 3.96. The third-order valence-electron chi connectivity index (χ3n) is 3.43. The Bertz CT molecular complexity index is 847. The number of halogens is 1. The molecule has 0 amide bonds. The molecular formula is C17H12BrNO2. The molecule has 0 aliphatic heterocycles. The van der Waals surface area contributed by atoms with Crippen LogP contribution in [0.15, 0.2) is 59.2 Å². The fraction of sp³-hybridized carbons (Fsp3) is 0.0588. The van der Waals surface area contributed by atoms with E-state index in [9.17, 15) is 9.59 Å². The van der Waals surface area contributed by atoms with Crippen LogP contribution in [0.2, 0.25) is 0 Å². The number of para-hydroxylation sites is 1. The Morgan fingerprint density at radius 3 is 2.38 bits per heavy atom. The van der Waals surface area contributed by atoms with Gasteiger partial charge in [0.25, 0.3) is 5.78 Å². The molecule has 4 heteroatoms. The molecule has 104 valence electrons. The predicted molar refractivity (Wildman–Crippen MR) is 85.8 cm³/mol. The van der Waals surface area contributed by atoms with Gasteiger partial charge in [0, 0.05) is 21.6 Å². The number of Topliss-reactive ketones (excluding diaryl/α,β-unsaturated/α-hetero) is 1. The zero-order chi connectivity index (χ0) is 15.0. The van der Waals surface area contributed by atoms with Crippen molar-refractivity contribution in [3.63, 3.8) is 0 Å². The minimum Gasteiger partial charge on any atom is -0.283 e. The first-order valence-electron chi connectivity index (χ1n) is 6.49. The molecule has 0 unspecified atom stereocenters. The smallest absolute Gasteiger partial charge is 0.283 e. The van der Waals surface area contributed by atoms with E-state index in [2.05, 4.69) is 15.9 Å². The van der Waals surface area contributed by atoms with Crippen molar-refractivity contribution >= 4 is 38.5 Å². The average molecular weight is 342 g/mol. The second-order valence-electron chi connectivity index (χ2n) is 4.84. The molecule has 2 aromatic carbocycles. The molecule has 0 aliphatic carbocycles. The van der Waals surface area contributed by atoms with Gasteiger partial charge < -0.3 is 0 Å². The molecule has 0 saturated heterocycles. The van der Waals surface area contributed by atoms with Crippen LogP contribution in [0.5, 0.6) is 0 Å². The van der Waals surface area contributed by atoms with Gasteiger partial charge >= 0.3 is 5.91 Å². The number of nitrogens with zero attached hydrogens (tertiary/aromatic N) is 1. The van der Waals surface area contributed by atoms with E-state index >= 15 is 0 Å². The summed E-state index contributed by atoms with van der Waals surface area (Å²) in [6.07, 6.45) is 1.71. The van der Waals surface area contributed by atoms with Gasteiger partial charge in [-0.25, -0.2) is 0 Å². The van der Waals surface area contributed by atoms with Gasteiger partial charge in [-0.05, 0) is 42.8 Å². The monoisotopic (exact) mass is 341 g/mol. The standard InChI is InChI=1S/C17H12BrNO2/c1-11-10-19(15-5-3-2-4-14(11)15)17(21)16(20)12-6-8-13(18)9-7-12/h2-10H,1H3. The molecule has 0 bridgehead atoms. The van der Waals surface area contributed by atoms with Crippen molar-refractivity contribution in [2.24, 2.45) is 0 Å². The van der Waals surface area contributed by atoms with Crippen LogP contribution in [0.25, 0.3) is 10.9 Å². The highest BCUT2D eigenvalue weighted by molar-refractivity contribution is 9.10. The number of fused-ring (bicyclic) bond motifs is 1. The van der Waals surface area contributed by atoms with Crippen molar-refractivity contribution in [1.82, 2.24) is 4.57 Å². The number of ketones is 1. The summed E-state index contributed by atoms with van der Waals surface area (Å²) >= 11 is 3.31. The van der Waals surface area contributed by atoms with E-state index in [1.54, 1.807) is 30.5 Å².